The third-order valence-electron chi connectivity index (χ3n) is 2.87. The first kappa shape index (κ1) is 11.5. The van der Waals surface area contributed by atoms with Crippen LogP contribution in [0, 0.1) is 11.3 Å². The lowest BCUT2D eigenvalue weighted by molar-refractivity contribution is 1.22. The Morgan fingerprint density at radius 1 is 1.35 bits per heavy atom. The van der Waals surface area contributed by atoms with Crippen molar-refractivity contribution in [1.29, 1.82) is 5.26 Å². The van der Waals surface area contributed by atoms with Crippen LogP contribution in [0.4, 0.5) is 0 Å². The summed E-state index contributed by atoms with van der Waals surface area (Å²) in [7, 11) is 0. The molecule has 2 nitrogen and oxygen atoms in total. The molecular formula is C15H16N2. The number of nitrogens with zero attached hydrogens (tertiary/aromatic N) is 1. The maximum atomic E-state index is 8.83. The van der Waals surface area contributed by atoms with Crippen LogP contribution in [0.3, 0.4) is 0 Å². The predicted octanol–water partition coefficient (Wildman–Crippen LogP) is 3.74. The number of allylic oxidation sites excluding steroid dienone is 2. The highest BCUT2D eigenvalue weighted by molar-refractivity contribution is 5.87. The van der Waals surface area contributed by atoms with E-state index in [9.17, 15) is 0 Å². The van der Waals surface area contributed by atoms with Gasteiger partial charge in [-0.25, -0.2) is 0 Å². The first-order chi connectivity index (χ1) is 8.22. The minimum absolute atomic E-state index is 0.464. The lowest BCUT2D eigenvalue weighted by atomic mass is 10.0. The number of hydrogen-bond acceptors (Lipinski definition) is 1. The van der Waals surface area contributed by atoms with Crippen LogP contribution in [-0.2, 0) is 12.8 Å². The number of nitriles is 1. The van der Waals surface area contributed by atoms with Crippen molar-refractivity contribution in [3.05, 3.63) is 47.2 Å². The van der Waals surface area contributed by atoms with E-state index in [1.807, 2.05) is 6.20 Å². The van der Waals surface area contributed by atoms with E-state index in [1.54, 1.807) is 0 Å². The predicted molar refractivity (Wildman–Crippen MR) is 70.8 cm³/mol. The third kappa shape index (κ3) is 2.39. The zero-order valence-corrected chi connectivity index (χ0v) is 10.2. The molecule has 0 saturated heterocycles. The Balaban J connectivity index is 2.51. The SMILES string of the molecule is CC(C)=CCc1cccc2[nH]cc(C[14C]#N)c12. The standard InChI is InChI=1S/C15H16N2/c1-11(2)6-7-12-4-3-5-14-15(12)13(8-9-16)10-17-14/h3-6,10,17H,7-8H2,1-2H3/i9+2. The van der Waals surface area contributed by atoms with Gasteiger partial charge in [-0.3, -0.25) is 0 Å². The summed E-state index contributed by atoms with van der Waals surface area (Å²) in [5.41, 5.74) is 4.82. The van der Waals surface area contributed by atoms with Crippen LogP contribution >= 0.6 is 0 Å². The van der Waals surface area contributed by atoms with Crippen LogP contribution in [-0.4, -0.2) is 4.98 Å². The summed E-state index contributed by atoms with van der Waals surface area (Å²) in [5, 5.41) is 10.0. The van der Waals surface area contributed by atoms with E-state index in [0.717, 1.165) is 17.5 Å². The zero-order chi connectivity index (χ0) is 12.3. The molecule has 2 rings (SSSR count). The van der Waals surface area contributed by atoms with Crippen molar-refractivity contribution >= 4 is 10.9 Å². The van der Waals surface area contributed by atoms with Gasteiger partial charge >= 0.3 is 0 Å². The average molecular weight is 226 g/mol. The van der Waals surface area contributed by atoms with Gasteiger partial charge in [0.15, 0.2) is 0 Å². The van der Waals surface area contributed by atoms with Crippen LogP contribution < -0.4 is 0 Å². The fourth-order valence-corrected chi connectivity index (χ4v) is 2.05. The molecule has 0 aliphatic rings. The Kier molecular flexibility index (Phi) is 3.30. The smallest absolute Gasteiger partial charge is 0.0670 e. The average Bonchev–Trinajstić information content (AvgIpc) is 2.71. The van der Waals surface area contributed by atoms with Crippen LogP contribution in [0.2, 0.25) is 0 Å². The minimum atomic E-state index is 0.464. The number of aromatic nitrogens is 1. The van der Waals surface area contributed by atoms with Crippen molar-refractivity contribution in [3.8, 4) is 6.07 Å². The largest absolute Gasteiger partial charge is 0.361 e. The van der Waals surface area contributed by atoms with Crippen molar-refractivity contribution in [2.45, 2.75) is 26.7 Å². The lowest BCUT2D eigenvalue weighted by Crippen LogP contribution is -1.87. The van der Waals surface area contributed by atoms with Crippen LogP contribution in [0.1, 0.15) is 25.0 Å². The summed E-state index contributed by atoms with van der Waals surface area (Å²) >= 11 is 0. The Bertz CT molecular complexity index is 593. The Morgan fingerprint density at radius 2 is 2.18 bits per heavy atom. The molecular weight excluding hydrogens is 210 g/mol. The van der Waals surface area contributed by atoms with E-state index in [0.29, 0.717) is 6.42 Å². The fourth-order valence-electron chi connectivity index (χ4n) is 2.05. The molecule has 86 valence electrons. The van der Waals surface area contributed by atoms with Gasteiger partial charge in [-0.15, -0.1) is 0 Å². The molecule has 2 heteroatoms. The van der Waals surface area contributed by atoms with Crippen LogP contribution in [0.5, 0.6) is 0 Å². The normalized spacial score (nSPS) is 10.2. The zero-order valence-electron chi connectivity index (χ0n) is 10.2. The van der Waals surface area contributed by atoms with Crippen LogP contribution in [0.15, 0.2) is 36.0 Å². The summed E-state index contributed by atoms with van der Waals surface area (Å²) in [6, 6.07) is 8.47. The van der Waals surface area contributed by atoms with Crippen LogP contribution in [0.25, 0.3) is 10.9 Å². The maximum absolute atomic E-state index is 8.83. The van der Waals surface area contributed by atoms with Crippen molar-refractivity contribution in [1.82, 2.24) is 4.98 Å². The minimum Gasteiger partial charge on any atom is -0.361 e. The van der Waals surface area contributed by atoms with Gasteiger partial charge in [0, 0.05) is 17.1 Å². The number of benzene rings is 1. The molecule has 0 aliphatic heterocycles. The second-order valence-corrected chi connectivity index (χ2v) is 4.47. The number of H-pyrrole nitrogens is 1. The summed E-state index contributed by atoms with van der Waals surface area (Å²) in [5.74, 6) is 0. The van der Waals surface area contributed by atoms with E-state index >= 15 is 0 Å². The highest BCUT2D eigenvalue weighted by Crippen LogP contribution is 2.23. The van der Waals surface area contributed by atoms with Crippen molar-refractivity contribution in [3.63, 3.8) is 0 Å². The van der Waals surface area contributed by atoms with Gasteiger partial charge in [-0.05, 0) is 37.5 Å². The Morgan fingerprint density at radius 3 is 2.88 bits per heavy atom. The molecule has 0 bridgehead atoms. The second kappa shape index (κ2) is 4.88. The van der Waals surface area contributed by atoms with Crippen molar-refractivity contribution in [2.75, 3.05) is 0 Å². The van der Waals surface area contributed by atoms with Crippen molar-refractivity contribution in [2.24, 2.45) is 0 Å². The number of fused-ring (bicyclic) bond motifs is 1. The molecule has 0 unspecified atom stereocenters. The van der Waals surface area contributed by atoms with Gasteiger partial charge in [0.25, 0.3) is 0 Å². The number of rotatable bonds is 3. The van der Waals surface area contributed by atoms with Gasteiger partial charge in [0.1, 0.15) is 0 Å². The molecule has 0 saturated carbocycles. The summed E-state index contributed by atoms with van der Waals surface area (Å²) in [6.07, 6.45) is 5.56. The molecule has 0 atom stereocenters. The molecule has 0 fully saturated rings. The highest BCUT2D eigenvalue weighted by Gasteiger charge is 2.07. The van der Waals surface area contributed by atoms with Gasteiger partial charge < -0.3 is 4.98 Å². The van der Waals surface area contributed by atoms with Gasteiger partial charge in [0.2, 0.25) is 0 Å². The quantitative estimate of drug-likeness (QED) is 0.795. The molecule has 17 heavy (non-hydrogen) atoms. The third-order valence-corrected chi connectivity index (χ3v) is 2.87. The molecule has 0 spiro atoms. The first-order valence-corrected chi connectivity index (χ1v) is 5.80. The molecule has 1 aromatic carbocycles. The monoisotopic (exact) mass is 226 g/mol. The molecule has 0 amide bonds. The van der Waals surface area contributed by atoms with Gasteiger partial charge in [-0.1, -0.05) is 23.8 Å². The van der Waals surface area contributed by atoms with E-state index in [-0.39, 0.29) is 0 Å². The first-order valence-electron chi connectivity index (χ1n) is 5.80. The summed E-state index contributed by atoms with van der Waals surface area (Å²) < 4.78 is 0. The van der Waals surface area contributed by atoms with E-state index in [1.165, 1.54) is 16.5 Å². The topological polar surface area (TPSA) is 39.6 Å². The molecule has 1 aromatic heterocycles. The summed E-state index contributed by atoms with van der Waals surface area (Å²) in [6.45, 7) is 4.21. The van der Waals surface area contributed by atoms with E-state index < -0.39 is 0 Å². The number of nitrogens with one attached hydrogen (secondary N) is 1. The lowest BCUT2D eigenvalue weighted by Gasteiger charge is -2.02. The fraction of sp³-hybridized carbons (Fsp3) is 0.267. The Hall–Kier alpha value is -2.01. The van der Waals surface area contributed by atoms with E-state index in [2.05, 4.69) is 49.2 Å². The molecule has 1 heterocycles. The van der Waals surface area contributed by atoms with Crippen molar-refractivity contribution < 1.29 is 0 Å². The van der Waals surface area contributed by atoms with Gasteiger partial charge in [0.05, 0.1) is 12.5 Å². The maximum Gasteiger partial charge on any atom is 0.0670 e. The second-order valence-electron chi connectivity index (χ2n) is 4.47. The van der Waals surface area contributed by atoms with E-state index in [4.69, 9.17) is 5.26 Å². The molecule has 0 radical (unpaired) electrons. The molecule has 2 aromatic rings. The molecule has 0 aliphatic carbocycles. The molecule has 1 N–H and O–H groups in total. The summed E-state index contributed by atoms with van der Waals surface area (Å²) in [4.78, 5) is 3.23. The van der Waals surface area contributed by atoms with Gasteiger partial charge in [-0.2, -0.15) is 5.26 Å². The highest BCUT2D eigenvalue weighted by atomic mass is 14.8. The number of hydrogen-bond donors (Lipinski definition) is 1. The number of aromatic amines is 1. The Labute approximate surface area is 102 Å².